The molecule has 1 fully saturated rings. The first-order valence-corrected chi connectivity index (χ1v) is 10.7. The molecule has 2 N–H and O–H groups in total. The van der Waals surface area contributed by atoms with Crippen molar-refractivity contribution >= 4 is 12.2 Å². The van der Waals surface area contributed by atoms with Crippen molar-refractivity contribution in [1.82, 2.24) is 14.9 Å². The molecule has 168 valence electrons. The van der Waals surface area contributed by atoms with Gasteiger partial charge in [-0.1, -0.05) is 42.5 Å². The van der Waals surface area contributed by atoms with Gasteiger partial charge in [0.05, 0.1) is 25.1 Å². The molecule has 0 radical (unpaired) electrons. The van der Waals surface area contributed by atoms with Crippen molar-refractivity contribution in [3.63, 3.8) is 0 Å². The maximum absolute atomic E-state index is 12.4. The molecule has 1 aliphatic rings. The van der Waals surface area contributed by atoms with Crippen LogP contribution in [-0.2, 0) is 4.74 Å². The number of para-hydroxylation sites is 1. The van der Waals surface area contributed by atoms with Gasteiger partial charge in [0.2, 0.25) is 5.95 Å². The van der Waals surface area contributed by atoms with Gasteiger partial charge in [0.1, 0.15) is 24.0 Å². The number of nitrogens with zero attached hydrogens (tertiary/aromatic N) is 4. The molecule has 1 aliphatic heterocycles. The molecule has 4 rings (SSSR count). The minimum absolute atomic E-state index is 0.0465. The van der Waals surface area contributed by atoms with Crippen molar-refractivity contribution < 1.29 is 9.47 Å². The summed E-state index contributed by atoms with van der Waals surface area (Å²) >= 11 is 0. The zero-order valence-electron chi connectivity index (χ0n) is 18.0. The van der Waals surface area contributed by atoms with Gasteiger partial charge in [0.25, 0.3) is 5.56 Å². The monoisotopic (exact) mass is 444 g/mol. The number of hydrazone groups is 1. The highest BCUT2D eigenvalue weighted by molar-refractivity contribution is 5.83. The number of rotatable bonds is 8. The van der Waals surface area contributed by atoms with Gasteiger partial charge in [-0.15, -0.1) is 0 Å². The highest BCUT2D eigenvalue weighted by Crippen LogP contribution is 2.20. The topological polar surface area (TPSA) is 116 Å². The largest absolute Gasteiger partial charge is 0.492 e. The lowest BCUT2D eigenvalue weighted by molar-refractivity contribution is 0.0322. The average molecular weight is 444 g/mol. The van der Waals surface area contributed by atoms with Crippen molar-refractivity contribution in [2.24, 2.45) is 5.10 Å². The molecule has 0 aliphatic carbocycles. The van der Waals surface area contributed by atoms with Crippen LogP contribution >= 0.6 is 0 Å². The highest BCUT2D eigenvalue weighted by atomic mass is 16.5. The molecule has 0 spiro atoms. The summed E-state index contributed by atoms with van der Waals surface area (Å²) in [7, 11) is 0. The zero-order valence-corrected chi connectivity index (χ0v) is 18.0. The third-order valence-electron chi connectivity index (χ3n) is 5.14. The van der Waals surface area contributed by atoms with Crippen LogP contribution in [0, 0.1) is 11.3 Å². The van der Waals surface area contributed by atoms with Gasteiger partial charge in [-0.3, -0.25) is 14.7 Å². The Morgan fingerprint density at radius 3 is 2.73 bits per heavy atom. The smallest absolute Gasteiger partial charge is 0.270 e. The number of benzene rings is 2. The second-order valence-electron chi connectivity index (χ2n) is 7.33. The molecule has 1 saturated heterocycles. The fourth-order valence-electron chi connectivity index (χ4n) is 3.43. The second kappa shape index (κ2) is 11.0. The lowest BCUT2D eigenvalue weighted by Crippen LogP contribution is -2.38. The lowest BCUT2D eigenvalue weighted by Gasteiger charge is -2.26. The highest BCUT2D eigenvalue weighted by Gasteiger charge is 2.13. The quantitative estimate of drug-likeness (QED) is 0.405. The first kappa shape index (κ1) is 22.2. The van der Waals surface area contributed by atoms with Crippen LogP contribution in [0.5, 0.6) is 5.75 Å². The van der Waals surface area contributed by atoms with E-state index < -0.39 is 5.56 Å². The van der Waals surface area contributed by atoms with Gasteiger partial charge in [-0.2, -0.15) is 10.4 Å². The van der Waals surface area contributed by atoms with Gasteiger partial charge in [0, 0.05) is 30.8 Å². The SMILES string of the molecule is N#Cc1c(-c2ccccc2)nc(NN=Cc2ccccc2OCCN2CCOCC2)[nH]c1=O. The first-order valence-electron chi connectivity index (χ1n) is 10.7. The van der Waals surface area contributed by atoms with Crippen LogP contribution in [0.1, 0.15) is 11.1 Å². The number of nitriles is 1. The van der Waals surface area contributed by atoms with Crippen molar-refractivity contribution in [2.75, 3.05) is 44.9 Å². The minimum Gasteiger partial charge on any atom is -0.492 e. The van der Waals surface area contributed by atoms with Crippen molar-refractivity contribution in [3.8, 4) is 23.1 Å². The van der Waals surface area contributed by atoms with Crippen molar-refractivity contribution in [2.45, 2.75) is 0 Å². The Morgan fingerprint density at radius 1 is 1.18 bits per heavy atom. The van der Waals surface area contributed by atoms with E-state index in [9.17, 15) is 10.1 Å². The molecule has 0 bridgehead atoms. The molecule has 2 aromatic carbocycles. The molecule has 0 saturated carbocycles. The Morgan fingerprint density at radius 2 is 1.94 bits per heavy atom. The van der Waals surface area contributed by atoms with Crippen LogP contribution in [-0.4, -0.2) is 60.5 Å². The van der Waals surface area contributed by atoms with Crippen molar-refractivity contribution in [1.29, 1.82) is 5.26 Å². The Kier molecular flexibility index (Phi) is 7.43. The van der Waals surface area contributed by atoms with Crippen LogP contribution in [0.2, 0.25) is 0 Å². The van der Waals surface area contributed by atoms with Crippen LogP contribution in [0.15, 0.2) is 64.5 Å². The maximum Gasteiger partial charge on any atom is 0.270 e. The Balaban J connectivity index is 1.45. The molecule has 33 heavy (non-hydrogen) atoms. The van der Waals surface area contributed by atoms with E-state index in [1.807, 2.05) is 48.5 Å². The summed E-state index contributed by atoms with van der Waals surface area (Å²) in [5, 5.41) is 13.6. The van der Waals surface area contributed by atoms with E-state index in [-0.39, 0.29) is 11.5 Å². The van der Waals surface area contributed by atoms with E-state index in [2.05, 4.69) is 25.4 Å². The summed E-state index contributed by atoms with van der Waals surface area (Å²) in [5.41, 5.74) is 3.92. The number of hydrogen-bond donors (Lipinski definition) is 2. The molecule has 9 heteroatoms. The van der Waals surface area contributed by atoms with Gasteiger partial charge in [-0.25, -0.2) is 10.4 Å². The molecule has 3 aromatic rings. The third-order valence-corrected chi connectivity index (χ3v) is 5.14. The molecule has 0 amide bonds. The molecular formula is C24H24N6O3. The zero-order chi connectivity index (χ0) is 22.9. The Hall–Kier alpha value is -4.00. The second-order valence-corrected chi connectivity index (χ2v) is 7.33. The summed E-state index contributed by atoms with van der Waals surface area (Å²) in [6, 6.07) is 18.6. The van der Waals surface area contributed by atoms with Gasteiger partial charge >= 0.3 is 0 Å². The number of ether oxygens (including phenoxy) is 2. The number of aromatic nitrogens is 2. The average Bonchev–Trinajstić information content (AvgIpc) is 2.86. The number of nitrogens with one attached hydrogen (secondary N) is 2. The molecule has 0 atom stereocenters. The van der Waals surface area contributed by atoms with Crippen molar-refractivity contribution in [3.05, 3.63) is 76.1 Å². The summed E-state index contributed by atoms with van der Waals surface area (Å²) in [6.07, 6.45) is 1.60. The summed E-state index contributed by atoms with van der Waals surface area (Å²) in [4.78, 5) is 21.6. The van der Waals surface area contributed by atoms with E-state index in [1.165, 1.54) is 0 Å². The summed E-state index contributed by atoms with van der Waals surface area (Å²) in [6.45, 7) is 4.72. The predicted molar refractivity (Wildman–Crippen MR) is 125 cm³/mol. The number of hydrogen-bond acceptors (Lipinski definition) is 8. The molecule has 0 unspecified atom stereocenters. The van der Waals surface area contributed by atoms with Crippen LogP contribution < -0.4 is 15.7 Å². The van der Waals surface area contributed by atoms with Crippen LogP contribution in [0.3, 0.4) is 0 Å². The minimum atomic E-state index is -0.532. The fourth-order valence-corrected chi connectivity index (χ4v) is 3.43. The van der Waals surface area contributed by atoms with Crippen LogP contribution in [0.4, 0.5) is 5.95 Å². The molecule has 9 nitrogen and oxygen atoms in total. The lowest BCUT2D eigenvalue weighted by atomic mass is 10.1. The van der Waals surface area contributed by atoms with E-state index in [1.54, 1.807) is 18.3 Å². The maximum atomic E-state index is 12.4. The molecular weight excluding hydrogens is 420 g/mol. The number of H-pyrrole nitrogens is 1. The fraction of sp³-hybridized carbons (Fsp3) is 0.250. The summed E-state index contributed by atoms with van der Waals surface area (Å²) < 4.78 is 11.3. The van der Waals surface area contributed by atoms with E-state index in [4.69, 9.17) is 9.47 Å². The van der Waals surface area contributed by atoms with Gasteiger partial charge in [0.15, 0.2) is 0 Å². The predicted octanol–water partition coefficient (Wildman–Crippen LogP) is 2.47. The number of aromatic amines is 1. The van der Waals surface area contributed by atoms with E-state index >= 15 is 0 Å². The van der Waals surface area contributed by atoms with E-state index in [0.717, 1.165) is 38.4 Å². The van der Waals surface area contributed by atoms with E-state index in [0.29, 0.717) is 23.6 Å². The third kappa shape index (κ3) is 5.83. The number of morpholine rings is 1. The Bertz CT molecular complexity index is 1200. The molecule has 1 aromatic heterocycles. The van der Waals surface area contributed by atoms with Gasteiger partial charge < -0.3 is 9.47 Å². The normalized spacial score (nSPS) is 14.2. The Labute approximate surface area is 191 Å². The van der Waals surface area contributed by atoms with Gasteiger partial charge in [-0.05, 0) is 12.1 Å². The number of anilines is 1. The first-order chi connectivity index (χ1) is 16.2. The molecule has 2 heterocycles. The summed E-state index contributed by atoms with van der Waals surface area (Å²) in [5.74, 6) is 0.849. The standard InChI is InChI=1S/C24H24N6O3/c25-16-20-22(18-6-2-1-3-7-18)27-24(28-23(20)31)29-26-17-19-8-4-5-9-21(19)33-15-12-30-10-13-32-14-11-30/h1-9,17H,10-15H2,(H2,27,28,29,31). The van der Waals surface area contributed by atoms with Crippen LogP contribution in [0.25, 0.3) is 11.3 Å².